The summed E-state index contributed by atoms with van der Waals surface area (Å²) in [5.41, 5.74) is 4.83. The molecule has 1 saturated heterocycles. The first kappa shape index (κ1) is 25.1. The number of benzene rings is 2. The van der Waals surface area contributed by atoms with Crippen molar-refractivity contribution in [3.8, 4) is 17.0 Å². The predicted octanol–water partition coefficient (Wildman–Crippen LogP) is 4.91. The van der Waals surface area contributed by atoms with Crippen LogP contribution in [-0.2, 0) is 11.3 Å². The number of para-hydroxylation sites is 1. The Kier molecular flexibility index (Phi) is 7.07. The van der Waals surface area contributed by atoms with Gasteiger partial charge in [-0.05, 0) is 62.1 Å². The number of piperidine rings is 1. The van der Waals surface area contributed by atoms with Crippen LogP contribution in [0.3, 0.4) is 0 Å². The SMILES string of the molecule is NNC(=O)c1ccc(N2CCC(OCc3c(-c4ccccc4OC(F)(F)F)noc3C3CC3)CC2)cc1. The molecule has 2 aromatic carbocycles. The molecule has 3 aromatic rings. The fraction of sp³-hybridized carbons (Fsp3) is 0.385. The Labute approximate surface area is 211 Å². The van der Waals surface area contributed by atoms with Crippen LogP contribution in [0.4, 0.5) is 18.9 Å². The lowest BCUT2D eigenvalue weighted by molar-refractivity contribution is -0.274. The monoisotopic (exact) mass is 516 g/mol. The zero-order valence-electron chi connectivity index (χ0n) is 20.0. The molecule has 0 bridgehead atoms. The second-order valence-corrected chi connectivity index (χ2v) is 9.21. The van der Waals surface area contributed by atoms with Gasteiger partial charge in [-0.2, -0.15) is 0 Å². The second kappa shape index (κ2) is 10.4. The molecule has 0 unspecified atom stereocenters. The summed E-state index contributed by atoms with van der Waals surface area (Å²) in [6, 6.07) is 13.2. The van der Waals surface area contributed by atoms with Crippen LogP contribution in [-0.4, -0.2) is 36.6 Å². The number of anilines is 1. The normalized spacial score (nSPS) is 16.6. The van der Waals surface area contributed by atoms with Gasteiger partial charge in [-0.25, -0.2) is 5.84 Å². The second-order valence-electron chi connectivity index (χ2n) is 9.21. The highest BCUT2D eigenvalue weighted by molar-refractivity contribution is 5.94. The maximum atomic E-state index is 13.0. The van der Waals surface area contributed by atoms with Gasteiger partial charge in [-0.15, -0.1) is 13.2 Å². The van der Waals surface area contributed by atoms with Crippen molar-refractivity contribution in [2.45, 2.75) is 50.7 Å². The van der Waals surface area contributed by atoms with Crippen LogP contribution in [0.25, 0.3) is 11.3 Å². The van der Waals surface area contributed by atoms with Crippen LogP contribution in [0, 0.1) is 0 Å². The number of carbonyl (C=O) groups is 1. The molecule has 0 radical (unpaired) electrons. The van der Waals surface area contributed by atoms with E-state index in [0.717, 1.165) is 44.5 Å². The average Bonchev–Trinajstić information content (AvgIpc) is 3.66. The number of nitrogen functional groups attached to an aromatic ring is 1. The van der Waals surface area contributed by atoms with E-state index in [1.54, 1.807) is 24.3 Å². The zero-order valence-corrected chi connectivity index (χ0v) is 20.0. The molecular formula is C26H27F3N4O4. The lowest BCUT2D eigenvalue weighted by Crippen LogP contribution is -2.37. The number of hydrogen-bond acceptors (Lipinski definition) is 7. The third kappa shape index (κ3) is 5.89. The molecule has 1 aromatic heterocycles. The number of alkyl halides is 3. The number of carbonyl (C=O) groups excluding carboxylic acids is 1. The van der Waals surface area contributed by atoms with Crippen molar-refractivity contribution in [2.24, 2.45) is 5.84 Å². The number of hydrazine groups is 1. The summed E-state index contributed by atoms with van der Waals surface area (Å²) in [6.45, 7) is 1.72. The van der Waals surface area contributed by atoms with Gasteiger partial charge >= 0.3 is 6.36 Å². The lowest BCUT2D eigenvalue weighted by atomic mass is 10.0. The van der Waals surface area contributed by atoms with Gasteiger partial charge in [0.05, 0.1) is 12.7 Å². The first-order valence-electron chi connectivity index (χ1n) is 12.1. The highest BCUT2D eigenvalue weighted by Crippen LogP contribution is 2.45. The van der Waals surface area contributed by atoms with Crippen molar-refractivity contribution < 1.29 is 32.0 Å². The molecule has 2 aliphatic rings. The van der Waals surface area contributed by atoms with Crippen molar-refractivity contribution in [1.82, 2.24) is 10.6 Å². The Morgan fingerprint density at radius 1 is 1.08 bits per heavy atom. The molecule has 2 heterocycles. The maximum Gasteiger partial charge on any atom is 0.573 e. The van der Waals surface area contributed by atoms with Crippen LogP contribution in [0.5, 0.6) is 5.75 Å². The Morgan fingerprint density at radius 2 is 1.78 bits per heavy atom. The summed E-state index contributed by atoms with van der Waals surface area (Å²) in [5, 5.41) is 4.13. The summed E-state index contributed by atoms with van der Waals surface area (Å²) in [4.78, 5) is 13.9. The fourth-order valence-corrected chi connectivity index (χ4v) is 4.60. The van der Waals surface area contributed by atoms with Crippen LogP contribution in [0.2, 0.25) is 0 Å². The van der Waals surface area contributed by atoms with Gasteiger partial charge in [0.25, 0.3) is 5.91 Å². The molecule has 1 amide bonds. The number of aromatic nitrogens is 1. The van der Waals surface area contributed by atoms with Crippen molar-refractivity contribution in [3.05, 3.63) is 65.4 Å². The van der Waals surface area contributed by atoms with Crippen LogP contribution < -0.4 is 20.9 Å². The van der Waals surface area contributed by atoms with E-state index in [1.807, 2.05) is 12.1 Å². The molecule has 196 valence electrons. The zero-order chi connectivity index (χ0) is 26.0. The Balaban J connectivity index is 1.26. The summed E-state index contributed by atoms with van der Waals surface area (Å²) >= 11 is 0. The lowest BCUT2D eigenvalue weighted by Gasteiger charge is -2.33. The summed E-state index contributed by atoms with van der Waals surface area (Å²) in [7, 11) is 0. The Bertz CT molecular complexity index is 1230. The summed E-state index contributed by atoms with van der Waals surface area (Å²) in [5.74, 6) is 5.40. The van der Waals surface area contributed by atoms with Gasteiger partial charge in [-0.3, -0.25) is 10.2 Å². The van der Waals surface area contributed by atoms with E-state index in [4.69, 9.17) is 15.1 Å². The molecule has 0 spiro atoms. The van der Waals surface area contributed by atoms with Crippen molar-refractivity contribution in [3.63, 3.8) is 0 Å². The molecule has 5 rings (SSSR count). The molecule has 1 aliphatic heterocycles. The van der Waals surface area contributed by atoms with Gasteiger partial charge < -0.3 is 18.9 Å². The molecule has 2 fully saturated rings. The molecule has 3 N–H and O–H groups in total. The number of nitrogens with zero attached hydrogens (tertiary/aromatic N) is 2. The van der Waals surface area contributed by atoms with Gasteiger partial charge in [0.15, 0.2) is 0 Å². The van der Waals surface area contributed by atoms with Crippen LogP contribution in [0.1, 0.15) is 53.3 Å². The highest BCUT2D eigenvalue weighted by atomic mass is 19.4. The maximum absolute atomic E-state index is 13.0. The van der Waals surface area contributed by atoms with Gasteiger partial charge in [0.2, 0.25) is 0 Å². The molecule has 1 aliphatic carbocycles. The number of nitrogens with one attached hydrogen (secondary N) is 1. The number of rotatable bonds is 8. The molecular weight excluding hydrogens is 489 g/mol. The standard InChI is InChI=1S/C26H27F3N4O4/c27-26(28,29)36-22-4-2-1-3-20(22)23-21(24(37-32-23)16-5-6-16)15-35-19-11-13-33(14-12-19)18-9-7-17(8-10-18)25(34)31-30/h1-4,7-10,16,19H,5-6,11-15,30H2,(H,31,34). The van der Waals surface area contributed by atoms with E-state index in [9.17, 15) is 18.0 Å². The Morgan fingerprint density at radius 3 is 2.43 bits per heavy atom. The molecule has 1 saturated carbocycles. The van der Waals surface area contributed by atoms with Gasteiger partial charge in [-0.1, -0.05) is 17.3 Å². The van der Waals surface area contributed by atoms with Gasteiger partial charge in [0.1, 0.15) is 17.2 Å². The van der Waals surface area contributed by atoms with Crippen molar-refractivity contribution >= 4 is 11.6 Å². The first-order valence-corrected chi connectivity index (χ1v) is 12.1. The van der Waals surface area contributed by atoms with E-state index in [1.165, 1.54) is 12.1 Å². The topological polar surface area (TPSA) is 103 Å². The first-order chi connectivity index (χ1) is 17.8. The van der Waals surface area contributed by atoms with E-state index >= 15 is 0 Å². The minimum Gasteiger partial charge on any atom is -0.405 e. The molecule has 8 nitrogen and oxygen atoms in total. The predicted molar refractivity (Wildman–Crippen MR) is 129 cm³/mol. The van der Waals surface area contributed by atoms with E-state index in [-0.39, 0.29) is 35.8 Å². The van der Waals surface area contributed by atoms with Gasteiger partial charge in [0, 0.05) is 41.4 Å². The summed E-state index contributed by atoms with van der Waals surface area (Å²) < 4.78 is 55.0. The van der Waals surface area contributed by atoms with Crippen LogP contribution in [0.15, 0.2) is 53.1 Å². The van der Waals surface area contributed by atoms with Crippen LogP contribution >= 0.6 is 0 Å². The minimum absolute atomic E-state index is 0.0185. The number of amides is 1. The quantitative estimate of drug-likeness (QED) is 0.249. The molecule has 0 atom stereocenters. The number of nitrogens with two attached hydrogens (primary N) is 1. The molecule has 11 heteroatoms. The number of halogens is 3. The minimum atomic E-state index is -4.82. The fourth-order valence-electron chi connectivity index (χ4n) is 4.60. The third-order valence-electron chi connectivity index (χ3n) is 6.67. The van der Waals surface area contributed by atoms with E-state index < -0.39 is 6.36 Å². The largest absolute Gasteiger partial charge is 0.573 e. The van der Waals surface area contributed by atoms with Crippen molar-refractivity contribution in [1.29, 1.82) is 0 Å². The van der Waals surface area contributed by atoms with E-state index in [0.29, 0.717) is 22.6 Å². The Hall–Kier alpha value is -3.57. The summed E-state index contributed by atoms with van der Waals surface area (Å²) in [6.07, 6.45) is -1.38. The number of ether oxygens (including phenoxy) is 2. The molecule has 37 heavy (non-hydrogen) atoms. The average molecular weight is 517 g/mol. The van der Waals surface area contributed by atoms with Crippen molar-refractivity contribution in [2.75, 3.05) is 18.0 Å². The van der Waals surface area contributed by atoms with E-state index in [2.05, 4.69) is 20.2 Å². The highest BCUT2D eigenvalue weighted by Gasteiger charge is 2.36. The number of hydrogen-bond donors (Lipinski definition) is 2. The smallest absolute Gasteiger partial charge is 0.405 e. The third-order valence-corrected chi connectivity index (χ3v) is 6.67.